The maximum Gasteiger partial charge on any atom is -0.0273 e. The van der Waals surface area contributed by atoms with Gasteiger partial charge in [0.1, 0.15) is 0 Å². The van der Waals surface area contributed by atoms with Gasteiger partial charge in [0.25, 0.3) is 0 Å². The first kappa shape index (κ1) is 23.3. The maximum absolute atomic E-state index is 2.41. The van der Waals surface area contributed by atoms with Crippen molar-refractivity contribution < 1.29 is 0 Å². The summed E-state index contributed by atoms with van der Waals surface area (Å²) in [6.07, 6.45) is 23.5. The van der Waals surface area contributed by atoms with Gasteiger partial charge in [0, 0.05) is 0 Å². The first-order valence-corrected chi connectivity index (χ1v) is 11.9. The van der Waals surface area contributed by atoms with Crippen LogP contribution in [0.2, 0.25) is 0 Å². The smallest absolute Gasteiger partial charge is 0.0273 e. The molecule has 0 amide bonds. The van der Waals surface area contributed by atoms with E-state index in [0.29, 0.717) is 0 Å². The van der Waals surface area contributed by atoms with Crippen LogP contribution in [-0.2, 0) is 19.3 Å². The lowest BCUT2D eigenvalue weighted by Crippen LogP contribution is -2.01. The van der Waals surface area contributed by atoms with Crippen LogP contribution in [0, 0.1) is 0 Å². The third-order valence-electron chi connectivity index (χ3n) is 5.83. The summed E-state index contributed by atoms with van der Waals surface area (Å²) in [5, 5.41) is 0. The number of rotatable bonds is 17. The molecule has 0 bridgehead atoms. The third-order valence-corrected chi connectivity index (χ3v) is 5.83. The summed E-state index contributed by atoms with van der Waals surface area (Å²) >= 11 is 0. The highest BCUT2D eigenvalue weighted by Crippen LogP contribution is 2.22. The average Bonchev–Trinajstić information content (AvgIpc) is 2.67. The molecule has 0 aromatic heterocycles. The molecule has 0 saturated carbocycles. The van der Waals surface area contributed by atoms with Crippen LogP contribution in [0.15, 0.2) is 18.2 Å². The second kappa shape index (κ2) is 16.4. The molecule has 0 saturated heterocycles. The van der Waals surface area contributed by atoms with Gasteiger partial charge in [0.15, 0.2) is 0 Å². The molecule has 0 radical (unpaired) electrons. The minimum Gasteiger partial charge on any atom is -0.0654 e. The van der Waals surface area contributed by atoms with Crippen LogP contribution in [0.3, 0.4) is 0 Å². The van der Waals surface area contributed by atoms with Gasteiger partial charge in [0.05, 0.1) is 0 Å². The molecule has 0 spiro atoms. The predicted octanol–water partition coefficient (Wildman–Crippen LogP) is 8.84. The van der Waals surface area contributed by atoms with E-state index in [9.17, 15) is 0 Å². The van der Waals surface area contributed by atoms with Crippen LogP contribution in [0.1, 0.15) is 127 Å². The Bertz CT molecular complexity index is 432. The van der Waals surface area contributed by atoms with E-state index in [0.717, 1.165) is 0 Å². The Labute approximate surface area is 165 Å². The quantitative estimate of drug-likeness (QED) is 0.244. The molecule has 0 aliphatic heterocycles. The largest absolute Gasteiger partial charge is 0.0654 e. The van der Waals surface area contributed by atoms with Crippen molar-refractivity contribution in [3.8, 4) is 0 Å². The maximum atomic E-state index is 2.41. The minimum atomic E-state index is 1.19. The van der Waals surface area contributed by atoms with Gasteiger partial charge in [-0.15, -0.1) is 0 Å². The summed E-state index contributed by atoms with van der Waals surface area (Å²) in [6, 6.07) is 7.07. The second-order valence-corrected chi connectivity index (χ2v) is 8.15. The van der Waals surface area contributed by atoms with Crippen molar-refractivity contribution in [1.29, 1.82) is 0 Å². The standard InChI is InChI=1S/C26H46/c1-4-7-9-11-13-15-17-20-25-22-19-21-24(6-3)26(25)23-18-16-14-12-10-8-5-2/h19,21-22H,4-18,20,23H2,1-3H3. The van der Waals surface area contributed by atoms with Crippen LogP contribution >= 0.6 is 0 Å². The SMILES string of the molecule is CCCCCCCCCc1cccc(CC)c1CCCCCCCCC. The Kier molecular flexibility index (Phi) is 14.7. The molecular weight excluding hydrogens is 312 g/mol. The van der Waals surface area contributed by atoms with Crippen LogP contribution in [0.5, 0.6) is 0 Å². The minimum absolute atomic E-state index is 1.19. The molecule has 1 aromatic rings. The van der Waals surface area contributed by atoms with E-state index in [-0.39, 0.29) is 0 Å². The van der Waals surface area contributed by atoms with E-state index in [4.69, 9.17) is 0 Å². The normalized spacial score (nSPS) is 11.2. The van der Waals surface area contributed by atoms with Crippen LogP contribution < -0.4 is 0 Å². The summed E-state index contributed by atoms with van der Waals surface area (Å²) in [7, 11) is 0. The molecule has 0 heterocycles. The molecule has 0 nitrogen and oxygen atoms in total. The molecule has 0 heteroatoms. The van der Waals surface area contributed by atoms with Gasteiger partial charge in [-0.2, -0.15) is 0 Å². The van der Waals surface area contributed by atoms with Crippen molar-refractivity contribution >= 4 is 0 Å². The number of aryl methyl sites for hydroxylation is 2. The summed E-state index contributed by atoms with van der Waals surface area (Å²) in [5.41, 5.74) is 4.97. The molecule has 26 heavy (non-hydrogen) atoms. The Balaban J connectivity index is 2.35. The van der Waals surface area contributed by atoms with E-state index in [1.807, 2.05) is 0 Å². The number of unbranched alkanes of at least 4 members (excludes halogenated alkanes) is 12. The van der Waals surface area contributed by atoms with Gasteiger partial charge >= 0.3 is 0 Å². The van der Waals surface area contributed by atoms with E-state index in [1.165, 1.54) is 109 Å². The number of hydrogen-bond donors (Lipinski definition) is 0. The fourth-order valence-corrected chi connectivity index (χ4v) is 4.11. The van der Waals surface area contributed by atoms with Gasteiger partial charge < -0.3 is 0 Å². The van der Waals surface area contributed by atoms with Gasteiger partial charge in [0.2, 0.25) is 0 Å². The van der Waals surface area contributed by atoms with Crippen molar-refractivity contribution in [1.82, 2.24) is 0 Å². The Hall–Kier alpha value is -0.780. The Morgan fingerprint density at radius 1 is 0.500 bits per heavy atom. The molecular formula is C26H46. The van der Waals surface area contributed by atoms with Crippen molar-refractivity contribution in [3.05, 3.63) is 34.9 Å². The topological polar surface area (TPSA) is 0 Å². The second-order valence-electron chi connectivity index (χ2n) is 8.15. The highest BCUT2D eigenvalue weighted by molar-refractivity contribution is 5.35. The monoisotopic (exact) mass is 358 g/mol. The lowest BCUT2D eigenvalue weighted by Gasteiger charge is -2.14. The highest BCUT2D eigenvalue weighted by Gasteiger charge is 2.07. The van der Waals surface area contributed by atoms with Crippen molar-refractivity contribution in [2.45, 2.75) is 130 Å². The Morgan fingerprint density at radius 3 is 1.50 bits per heavy atom. The van der Waals surface area contributed by atoms with E-state index < -0.39 is 0 Å². The summed E-state index contributed by atoms with van der Waals surface area (Å²) < 4.78 is 0. The van der Waals surface area contributed by atoms with E-state index in [2.05, 4.69) is 39.0 Å². The van der Waals surface area contributed by atoms with Crippen molar-refractivity contribution in [2.75, 3.05) is 0 Å². The lowest BCUT2D eigenvalue weighted by molar-refractivity contribution is 0.582. The molecule has 1 aromatic carbocycles. The summed E-state index contributed by atoms with van der Waals surface area (Å²) in [6.45, 7) is 6.92. The van der Waals surface area contributed by atoms with Crippen molar-refractivity contribution in [2.24, 2.45) is 0 Å². The number of hydrogen-bond acceptors (Lipinski definition) is 0. The summed E-state index contributed by atoms with van der Waals surface area (Å²) in [4.78, 5) is 0. The molecule has 150 valence electrons. The van der Waals surface area contributed by atoms with Gasteiger partial charge in [-0.1, -0.05) is 116 Å². The predicted molar refractivity (Wildman–Crippen MR) is 119 cm³/mol. The molecule has 0 aliphatic carbocycles. The molecule has 0 unspecified atom stereocenters. The molecule has 0 fully saturated rings. The van der Waals surface area contributed by atoms with Crippen LogP contribution in [0.25, 0.3) is 0 Å². The zero-order chi connectivity index (χ0) is 18.9. The van der Waals surface area contributed by atoms with Gasteiger partial charge in [-0.3, -0.25) is 0 Å². The van der Waals surface area contributed by atoms with Crippen LogP contribution in [-0.4, -0.2) is 0 Å². The van der Waals surface area contributed by atoms with E-state index >= 15 is 0 Å². The fraction of sp³-hybridized carbons (Fsp3) is 0.769. The zero-order valence-corrected chi connectivity index (χ0v) is 18.3. The highest BCUT2D eigenvalue weighted by atomic mass is 14.1. The summed E-state index contributed by atoms with van der Waals surface area (Å²) in [5.74, 6) is 0. The number of benzene rings is 1. The van der Waals surface area contributed by atoms with Gasteiger partial charge in [-0.05, 0) is 48.8 Å². The van der Waals surface area contributed by atoms with Crippen molar-refractivity contribution in [3.63, 3.8) is 0 Å². The first-order chi connectivity index (χ1) is 12.8. The molecule has 0 atom stereocenters. The van der Waals surface area contributed by atoms with Gasteiger partial charge in [-0.25, -0.2) is 0 Å². The molecule has 0 N–H and O–H groups in total. The zero-order valence-electron chi connectivity index (χ0n) is 18.3. The average molecular weight is 359 g/mol. The fourth-order valence-electron chi connectivity index (χ4n) is 4.11. The molecule has 0 aliphatic rings. The lowest BCUT2D eigenvalue weighted by atomic mass is 9.91. The third kappa shape index (κ3) is 10.4. The van der Waals surface area contributed by atoms with Crippen LogP contribution in [0.4, 0.5) is 0 Å². The van der Waals surface area contributed by atoms with E-state index in [1.54, 1.807) is 16.7 Å². The first-order valence-electron chi connectivity index (χ1n) is 11.9. The molecule has 1 rings (SSSR count). The Morgan fingerprint density at radius 2 is 0.962 bits per heavy atom.